The first-order chi connectivity index (χ1) is 12.5. The Morgan fingerprint density at radius 1 is 1.15 bits per heavy atom. The van der Waals surface area contributed by atoms with Crippen LogP contribution in [0.15, 0.2) is 0 Å². The topological polar surface area (TPSA) is 185 Å². The average Bonchev–Trinajstić information content (AvgIpc) is 2.91. The van der Waals surface area contributed by atoms with Crippen molar-refractivity contribution in [1.82, 2.24) is 0 Å². The SMILES string of the molecule is COP(=O)(O)OCC(O)C(O)C(O)COC1OC(CO)C(OC(C)C)C1O. The van der Waals surface area contributed by atoms with Gasteiger partial charge in [-0.1, -0.05) is 0 Å². The van der Waals surface area contributed by atoms with Crippen LogP contribution in [0.25, 0.3) is 0 Å². The molecular formula is C14H29O12P. The zero-order valence-electron chi connectivity index (χ0n) is 15.3. The number of aliphatic hydroxyl groups is 5. The molecule has 0 aromatic carbocycles. The van der Waals surface area contributed by atoms with Crippen LogP contribution in [0.5, 0.6) is 0 Å². The molecule has 12 nitrogen and oxygen atoms in total. The van der Waals surface area contributed by atoms with Crippen molar-refractivity contribution in [2.24, 2.45) is 0 Å². The molecule has 0 aliphatic carbocycles. The predicted octanol–water partition coefficient (Wildman–Crippen LogP) is -2.28. The fourth-order valence-electron chi connectivity index (χ4n) is 2.34. The summed E-state index contributed by atoms with van der Waals surface area (Å²) in [5.41, 5.74) is 0. The smallest absolute Gasteiger partial charge is 0.394 e. The molecule has 0 aromatic rings. The minimum atomic E-state index is -4.34. The van der Waals surface area contributed by atoms with Gasteiger partial charge in [0, 0.05) is 7.11 Å². The van der Waals surface area contributed by atoms with E-state index in [2.05, 4.69) is 9.05 Å². The molecule has 1 aliphatic heterocycles. The number of phosphoric ester groups is 1. The molecular weight excluding hydrogens is 391 g/mol. The summed E-state index contributed by atoms with van der Waals surface area (Å²) in [7, 11) is -3.42. The van der Waals surface area contributed by atoms with E-state index in [1.54, 1.807) is 13.8 Å². The van der Waals surface area contributed by atoms with Gasteiger partial charge in [-0.2, -0.15) is 0 Å². The van der Waals surface area contributed by atoms with Crippen LogP contribution in [-0.4, -0.2) is 106 Å². The quantitative estimate of drug-likeness (QED) is 0.186. The van der Waals surface area contributed by atoms with Gasteiger partial charge in [-0.15, -0.1) is 0 Å². The summed E-state index contributed by atoms with van der Waals surface area (Å²) < 4.78 is 35.7. The number of hydrogen-bond donors (Lipinski definition) is 6. The van der Waals surface area contributed by atoms with E-state index in [1.807, 2.05) is 0 Å². The lowest BCUT2D eigenvalue weighted by molar-refractivity contribution is -0.194. The van der Waals surface area contributed by atoms with Crippen molar-refractivity contribution in [3.63, 3.8) is 0 Å². The molecule has 0 saturated carbocycles. The summed E-state index contributed by atoms with van der Waals surface area (Å²) in [6.07, 6.45) is -9.50. The third-order valence-electron chi connectivity index (χ3n) is 3.76. The number of phosphoric acid groups is 1. The molecule has 0 spiro atoms. The highest BCUT2D eigenvalue weighted by molar-refractivity contribution is 7.47. The molecule has 0 aromatic heterocycles. The molecule has 1 aliphatic rings. The van der Waals surface area contributed by atoms with Gasteiger partial charge in [0.1, 0.15) is 36.6 Å². The van der Waals surface area contributed by atoms with Crippen molar-refractivity contribution in [2.75, 3.05) is 26.9 Å². The van der Waals surface area contributed by atoms with E-state index in [9.17, 15) is 30.1 Å². The Morgan fingerprint density at radius 3 is 2.26 bits per heavy atom. The maximum Gasteiger partial charge on any atom is 0.472 e. The van der Waals surface area contributed by atoms with Gasteiger partial charge in [0.25, 0.3) is 0 Å². The lowest BCUT2D eigenvalue weighted by Crippen LogP contribution is -2.44. The second-order valence-corrected chi connectivity index (χ2v) is 7.83. The van der Waals surface area contributed by atoms with E-state index in [0.717, 1.165) is 7.11 Å². The average molecular weight is 420 g/mol. The Bertz CT molecular complexity index is 477. The van der Waals surface area contributed by atoms with Crippen LogP contribution in [0.4, 0.5) is 0 Å². The van der Waals surface area contributed by atoms with Crippen molar-refractivity contribution < 1.29 is 58.2 Å². The summed E-state index contributed by atoms with van der Waals surface area (Å²) >= 11 is 0. The lowest BCUT2D eigenvalue weighted by atomic mass is 10.1. The largest absolute Gasteiger partial charge is 0.472 e. The fraction of sp³-hybridized carbons (Fsp3) is 1.00. The van der Waals surface area contributed by atoms with Crippen LogP contribution >= 0.6 is 7.82 Å². The molecule has 13 heteroatoms. The minimum absolute atomic E-state index is 0.238. The first kappa shape index (κ1) is 24.8. The Labute approximate surface area is 156 Å². The summed E-state index contributed by atoms with van der Waals surface area (Å²) in [4.78, 5) is 9.06. The first-order valence-electron chi connectivity index (χ1n) is 8.31. The van der Waals surface area contributed by atoms with Crippen LogP contribution < -0.4 is 0 Å². The van der Waals surface area contributed by atoms with Gasteiger partial charge in [-0.3, -0.25) is 9.05 Å². The van der Waals surface area contributed by atoms with Gasteiger partial charge in [0.05, 0.1) is 25.9 Å². The minimum Gasteiger partial charge on any atom is -0.394 e. The van der Waals surface area contributed by atoms with E-state index in [-0.39, 0.29) is 6.10 Å². The molecule has 8 atom stereocenters. The number of rotatable bonds is 12. The molecule has 8 unspecified atom stereocenters. The molecule has 1 heterocycles. The van der Waals surface area contributed by atoms with Gasteiger partial charge >= 0.3 is 7.82 Å². The van der Waals surface area contributed by atoms with E-state index < -0.39 is 70.6 Å². The highest BCUT2D eigenvalue weighted by Crippen LogP contribution is 2.42. The van der Waals surface area contributed by atoms with E-state index >= 15 is 0 Å². The monoisotopic (exact) mass is 420 g/mol. The third-order valence-corrected chi connectivity index (χ3v) is 4.70. The van der Waals surface area contributed by atoms with Gasteiger partial charge < -0.3 is 44.6 Å². The van der Waals surface area contributed by atoms with Crippen LogP contribution in [0.2, 0.25) is 0 Å². The molecule has 0 amide bonds. The molecule has 1 fully saturated rings. The molecule has 1 rings (SSSR count). The Morgan fingerprint density at radius 2 is 1.74 bits per heavy atom. The van der Waals surface area contributed by atoms with Crippen molar-refractivity contribution in [3.8, 4) is 0 Å². The summed E-state index contributed by atoms with van der Waals surface area (Å²) in [5.74, 6) is 0. The Hall–Kier alpha value is -0.210. The standard InChI is InChI=1S/C14H29O12P/c1-7(2)25-13-10(4-15)26-14(12(13)19)23-5-8(16)11(18)9(17)6-24-27(20,21)22-3/h7-19H,4-6H2,1-3H3,(H,20,21). The summed E-state index contributed by atoms with van der Waals surface area (Å²) in [5, 5.41) is 48.9. The van der Waals surface area contributed by atoms with Crippen molar-refractivity contribution in [3.05, 3.63) is 0 Å². The lowest BCUT2D eigenvalue weighted by Gasteiger charge is -2.25. The Balaban J connectivity index is 2.50. The second-order valence-electron chi connectivity index (χ2n) is 6.27. The highest BCUT2D eigenvalue weighted by Gasteiger charge is 2.45. The van der Waals surface area contributed by atoms with E-state index in [4.69, 9.17) is 19.1 Å². The van der Waals surface area contributed by atoms with Crippen LogP contribution in [0, 0.1) is 0 Å². The summed E-state index contributed by atoms with van der Waals surface area (Å²) in [6, 6.07) is 0. The van der Waals surface area contributed by atoms with Gasteiger partial charge in [-0.25, -0.2) is 4.57 Å². The van der Waals surface area contributed by atoms with Crippen LogP contribution in [0.1, 0.15) is 13.8 Å². The van der Waals surface area contributed by atoms with Gasteiger partial charge in [0.2, 0.25) is 0 Å². The Kier molecular flexibility index (Phi) is 10.2. The van der Waals surface area contributed by atoms with Crippen LogP contribution in [-0.2, 0) is 27.8 Å². The molecule has 6 N–H and O–H groups in total. The fourth-order valence-corrected chi connectivity index (χ4v) is 2.79. The number of ether oxygens (including phenoxy) is 3. The van der Waals surface area contributed by atoms with Gasteiger partial charge in [-0.05, 0) is 13.8 Å². The van der Waals surface area contributed by atoms with Crippen molar-refractivity contribution in [2.45, 2.75) is 62.9 Å². The van der Waals surface area contributed by atoms with Crippen LogP contribution in [0.3, 0.4) is 0 Å². The van der Waals surface area contributed by atoms with E-state index in [0.29, 0.717) is 0 Å². The van der Waals surface area contributed by atoms with Gasteiger partial charge in [0.15, 0.2) is 6.29 Å². The maximum atomic E-state index is 11.1. The maximum absolute atomic E-state index is 11.1. The molecule has 0 bridgehead atoms. The van der Waals surface area contributed by atoms with Crippen molar-refractivity contribution in [1.29, 1.82) is 0 Å². The number of aliphatic hydroxyl groups excluding tert-OH is 5. The summed E-state index contributed by atoms with van der Waals surface area (Å²) in [6.45, 7) is 1.74. The first-order valence-corrected chi connectivity index (χ1v) is 9.80. The molecule has 162 valence electrons. The molecule has 1 saturated heterocycles. The highest BCUT2D eigenvalue weighted by atomic mass is 31.2. The number of hydrogen-bond acceptors (Lipinski definition) is 11. The zero-order valence-corrected chi connectivity index (χ0v) is 16.2. The predicted molar refractivity (Wildman–Crippen MR) is 88.5 cm³/mol. The van der Waals surface area contributed by atoms with Crippen molar-refractivity contribution >= 4 is 7.82 Å². The van der Waals surface area contributed by atoms with E-state index in [1.165, 1.54) is 0 Å². The zero-order chi connectivity index (χ0) is 20.8. The second kappa shape index (κ2) is 11.1. The third kappa shape index (κ3) is 7.61. The molecule has 0 radical (unpaired) electrons. The normalized spacial score (nSPS) is 31.6. The molecule has 27 heavy (non-hydrogen) atoms.